The van der Waals surface area contributed by atoms with Gasteiger partial charge in [0.15, 0.2) is 23.1 Å². The molecule has 8 nitrogen and oxygen atoms in total. The molecule has 0 saturated heterocycles. The summed E-state index contributed by atoms with van der Waals surface area (Å²) < 4.78 is 42.4. The minimum absolute atomic E-state index is 0.0550. The van der Waals surface area contributed by atoms with Gasteiger partial charge < -0.3 is 5.32 Å². The van der Waals surface area contributed by atoms with Gasteiger partial charge in [-0.15, -0.1) is 0 Å². The first-order valence-electron chi connectivity index (χ1n) is 9.37. The van der Waals surface area contributed by atoms with Crippen LogP contribution >= 0.6 is 11.8 Å². The van der Waals surface area contributed by atoms with Gasteiger partial charge in [-0.25, -0.2) is 27.9 Å². The third kappa shape index (κ3) is 4.27. The highest BCUT2D eigenvalue weighted by Gasteiger charge is 2.24. The van der Waals surface area contributed by atoms with Crippen molar-refractivity contribution in [3.05, 3.63) is 56.2 Å². The molecule has 3 aromatic rings. The zero-order chi connectivity index (χ0) is 24.0. The van der Waals surface area contributed by atoms with Gasteiger partial charge in [-0.05, 0) is 12.1 Å². The number of aromatic nitrogens is 4. The molecule has 0 saturated carbocycles. The molecule has 0 aliphatic rings. The molecule has 2 heterocycles. The van der Waals surface area contributed by atoms with Gasteiger partial charge in [-0.1, -0.05) is 32.5 Å². The summed E-state index contributed by atoms with van der Waals surface area (Å²) in [5.41, 5.74) is -2.12. The number of hydrogen-bond donors (Lipinski definition) is 1. The van der Waals surface area contributed by atoms with Crippen molar-refractivity contribution in [3.8, 4) is 0 Å². The van der Waals surface area contributed by atoms with Crippen LogP contribution < -0.4 is 16.6 Å². The first-order valence-corrected chi connectivity index (χ1v) is 10.4. The number of carbonyl (C=O) groups is 1. The second-order valence-corrected chi connectivity index (χ2v) is 9.03. The Morgan fingerprint density at radius 2 is 1.72 bits per heavy atom. The zero-order valence-electron chi connectivity index (χ0n) is 17.9. The fourth-order valence-corrected chi connectivity index (χ4v) is 3.63. The van der Waals surface area contributed by atoms with E-state index in [9.17, 15) is 27.6 Å². The van der Waals surface area contributed by atoms with Crippen LogP contribution in [-0.4, -0.2) is 30.8 Å². The van der Waals surface area contributed by atoms with Gasteiger partial charge in [0.05, 0.1) is 11.4 Å². The lowest BCUT2D eigenvalue weighted by Gasteiger charge is -2.19. The van der Waals surface area contributed by atoms with Gasteiger partial charge in [-0.2, -0.15) is 0 Å². The fraction of sp³-hybridized carbons (Fsp3) is 0.350. The maximum atomic E-state index is 13.8. The van der Waals surface area contributed by atoms with E-state index in [2.05, 4.69) is 15.3 Å². The van der Waals surface area contributed by atoms with Gasteiger partial charge in [0, 0.05) is 19.5 Å². The second-order valence-electron chi connectivity index (χ2n) is 8.07. The number of halogens is 3. The van der Waals surface area contributed by atoms with E-state index in [0.29, 0.717) is 11.9 Å². The maximum Gasteiger partial charge on any atom is 0.332 e. The van der Waals surface area contributed by atoms with Crippen molar-refractivity contribution in [2.75, 3.05) is 11.1 Å². The lowest BCUT2D eigenvalue weighted by atomic mass is 9.96. The van der Waals surface area contributed by atoms with Crippen LogP contribution in [0.15, 0.2) is 26.7 Å². The highest BCUT2D eigenvalue weighted by Crippen LogP contribution is 2.27. The summed E-state index contributed by atoms with van der Waals surface area (Å²) in [6.45, 7) is 5.54. The predicted molar refractivity (Wildman–Crippen MR) is 114 cm³/mol. The topological polar surface area (TPSA) is 98.9 Å². The van der Waals surface area contributed by atoms with Crippen molar-refractivity contribution in [2.45, 2.75) is 31.2 Å². The van der Waals surface area contributed by atoms with Crippen molar-refractivity contribution < 1.29 is 18.0 Å². The number of benzene rings is 1. The van der Waals surface area contributed by atoms with E-state index in [0.717, 1.165) is 22.4 Å². The largest absolute Gasteiger partial charge is 0.332 e. The average Bonchev–Trinajstić information content (AvgIpc) is 2.73. The molecule has 2 aromatic heterocycles. The van der Waals surface area contributed by atoms with Crippen LogP contribution in [0.5, 0.6) is 0 Å². The number of anilines is 1. The molecule has 1 N–H and O–H groups in total. The molecule has 0 fully saturated rings. The van der Waals surface area contributed by atoms with Crippen molar-refractivity contribution in [2.24, 2.45) is 14.1 Å². The molecule has 1 amide bonds. The van der Waals surface area contributed by atoms with Crippen LogP contribution in [0.25, 0.3) is 11.0 Å². The van der Waals surface area contributed by atoms with Crippen molar-refractivity contribution in [3.63, 3.8) is 0 Å². The quantitative estimate of drug-likeness (QED) is 0.360. The lowest BCUT2D eigenvalue weighted by molar-refractivity contribution is -0.113. The molecular formula is C20H20F3N5O3S. The van der Waals surface area contributed by atoms with Gasteiger partial charge in [0.2, 0.25) is 5.91 Å². The van der Waals surface area contributed by atoms with E-state index < -0.39 is 45.7 Å². The van der Waals surface area contributed by atoms with Crippen molar-refractivity contribution >= 4 is 34.4 Å². The molecule has 0 radical (unpaired) electrons. The van der Waals surface area contributed by atoms with E-state index in [1.54, 1.807) is 0 Å². The minimum Gasteiger partial charge on any atom is -0.323 e. The molecule has 0 atom stereocenters. The summed E-state index contributed by atoms with van der Waals surface area (Å²) in [6, 6.07) is 1.60. The monoisotopic (exact) mass is 467 g/mol. The SMILES string of the molecule is Cn1c(=O)c2c(SCC(=O)Nc3ccc(F)c(F)c3F)nc(C(C)(C)C)nc2n(C)c1=O. The molecule has 3 rings (SSSR count). The smallest absolute Gasteiger partial charge is 0.323 e. The number of nitrogens with zero attached hydrogens (tertiary/aromatic N) is 4. The average molecular weight is 467 g/mol. The van der Waals surface area contributed by atoms with Gasteiger partial charge >= 0.3 is 5.69 Å². The Kier molecular flexibility index (Phi) is 6.18. The molecule has 0 aliphatic heterocycles. The summed E-state index contributed by atoms with van der Waals surface area (Å²) in [4.78, 5) is 46.2. The van der Waals surface area contributed by atoms with Crippen molar-refractivity contribution in [1.82, 2.24) is 19.1 Å². The van der Waals surface area contributed by atoms with Gasteiger partial charge in [0.1, 0.15) is 16.2 Å². The summed E-state index contributed by atoms with van der Waals surface area (Å²) in [5, 5.41) is 2.38. The Labute approximate surface area is 184 Å². The highest BCUT2D eigenvalue weighted by atomic mass is 32.2. The summed E-state index contributed by atoms with van der Waals surface area (Å²) in [7, 11) is 2.78. The van der Waals surface area contributed by atoms with Gasteiger partial charge in [0.25, 0.3) is 5.56 Å². The molecule has 0 spiro atoms. The third-order valence-corrected chi connectivity index (χ3v) is 5.56. The van der Waals surface area contributed by atoms with Crippen LogP contribution in [0, 0.1) is 17.5 Å². The number of nitrogens with one attached hydrogen (secondary N) is 1. The predicted octanol–water partition coefficient (Wildman–Crippen LogP) is 2.47. The molecular weight excluding hydrogens is 447 g/mol. The van der Waals surface area contributed by atoms with Crippen molar-refractivity contribution in [1.29, 1.82) is 0 Å². The lowest BCUT2D eigenvalue weighted by Crippen LogP contribution is -2.38. The molecule has 32 heavy (non-hydrogen) atoms. The Morgan fingerprint density at radius 3 is 2.34 bits per heavy atom. The first-order chi connectivity index (χ1) is 14.8. The number of fused-ring (bicyclic) bond motifs is 1. The number of thioether (sulfide) groups is 1. The number of rotatable bonds is 4. The van der Waals surface area contributed by atoms with E-state index in [1.165, 1.54) is 18.7 Å². The standard InChI is InChI=1S/C20H20F3N5O3S/c1-20(2,3)18-25-15-12(17(30)28(5)19(31)27(15)4)16(26-18)32-8-11(29)24-10-7-6-9(21)13(22)14(10)23/h6-7H,8H2,1-5H3,(H,24,29). The first kappa shape index (κ1) is 23.5. The van der Waals surface area contributed by atoms with Crippen LogP contribution in [-0.2, 0) is 24.3 Å². The zero-order valence-corrected chi connectivity index (χ0v) is 18.7. The fourth-order valence-electron chi connectivity index (χ4n) is 2.81. The second kappa shape index (κ2) is 8.41. The van der Waals surface area contributed by atoms with Crippen LogP contribution in [0.1, 0.15) is 26.6 Å². The molecule has 0 unspecified atom stereocenters. The Bertz CT molecular complexity index is 1360. The number of carbonyl (C=O) groups excluding carboxylic acids is 1. The van der Waals surface area contributed by atoms with E-state index >= 15 is 0 Å². The Hall–Kier alpha value is -3.15. The van der Waals surface area contributed by atoms with E-state index in [1.807, 2.05) is 20.8 Å². The highest BCUT2D eigenvalue weighted by molar-refractivity contribution is 8.00. The minimum atomic E-state index is -1.70. The summed E-state index contributed by atoms with van der Waals surface area (Å²) in [6.07, 6.45) is 0. The number of hydrogen-bond acceptors (Lipinski definition) is 6. The Balaban J connectivity index is 2.01. The van der Waals surface area contributed by atoms with Gasteiger partial charge in [-0.3, -0.25) is 18.7 Å². The van der Waals surface area contributed by atoms with E-state index in [4.69, 9.17) is 0 Å². The number of amides is 1. The maximum absolute atomic E-state index is 13.8. The number of aryl methyl sites for hydroxylation is 1. The molecule has 0 aliphatic carbocycles. The van der Waals surface area contributed by atoms with Crippen LogP contribution in [0.2, 0.25) is 0 Å². The molecule has 0 bridgehead atoms. The molecule has 1 aromatic carbocycles. The third-order valence-electron chi connectivity index (χ3n) is 4.59. The van der Waals surface area contributed by atoms with E-state index in [-0.39, 0.29) is 21.8 Å². The molecule has 170 valence electrons. The van der Waals surface area contributed by atoms with Crippen LogP contribution in [0.3, 0.4) is 0 Å². The normalized spacial score (nSPS) is 11.8. The summed E-state index contributed by atoms with van der Waals surface area (Å²) >= 11 is 0.876. The summed E-state index contributed by atoms with van der Waals surface area (Å²) in [5.74, 6) is -5.29. The molecule has 12 heteroatoms. The van der Waals surface area contributed by atoms with Crippen LogP contribution in [0.4, 0.5) is 18.9 Å². The Morgan fingerprint density at radius 1 is 1.06 bits per heavy atom.